The summed E-state index contributed by atoms with van der Waals surface area (Å²) in [6.07, 6.45) is 0.702. The molecular formula is C20H21ClN4OS. The number of nitrogens with zero attached hydrogens (tertiary/aromatic N) is 2. The van der Waals surface area contributed by atoms with E-state index in [2.05, 4.69) is 15.5 Å². The quantitative estimate of drug-likeness (QED) is 0.606. The maximum absolute atomic E-state index is 12.5. The second-order valence-corrected chi connectivity index (χ2v) is 7.43. The maximum Gasteiger partial charge on any atom is 0.240 e. The van der Waals surface area contributed by atoms with Gasteiger partial charge in [0.2, 0.25) is 5.91 Å². The molecule has 0 saturated carbocycles. The molecule has 0 radical (unpaired) electrons. The predicted octanol–water partition coefficient (Wildman–Crippen LogP) is 4.32. The van der Waals surface area contributed by atoms with Crippen molar-refractivity contribution in [3.05, 3.63) is 69.5 Å². The highest BCUT2D eigenvalue weighted by molar-refractivity contribution is 7.71. The van der Waals surface area contributed by atoms with E-state index < -0.39 is 0 Å². The first kappa shape index (κ1) is 19.3. The minimum absolute atomic E-state index is 0.0283. The highest BCUT2D eigenvalue weighted by atomic mass is 35.5. The summed E-state index contributed by atoms with van der Waals surface area (Å²) < 4.78 is 2.13. The van der Waals surface area contributed by atoms with Crippen molar-refractivity contribution < 1.29 is 4.79 Å². The summed E-state index contributed by atoms with van der Waals surface area (Å²) in [6, 6.07) is 15.6. The molecule has 0 fully saturated rings. The number of hydrogen-bond donors (Lipinski definition) is 2. The zero-order valence-electron chi connectivity index (χ0n) is 15.2. The van der Waals surface area contributed by atoms with Gasteiger partial charge in [0.1, 0.15) is 6.54 Å². The Labute approximate surface area is 168 Å². The van der Waals surface area contributed by atoms with Crippen molar-refractivity contribution in [2.75, 3.05) is 0 Å². The zero-order valence-corrected chi connectivity index (χ0v) is 16.8. The van der Waals surface area contributed by atoms with Crippen molar-refractivity contribution in [3.63, 3.8) is 0 Å². The highest BCUT2D eigenvalue weighted by Gasteiger charge is 2.14. The predicted molar refractivity (Wildman–Crippen MR) is 110 cm³/mol. The van der Waals surface area contributed by atoms with Gasteiger partial charge in [-0.3, -0.25) is 14.5 Å². The molecule has 0 unspecified atom stereocenters. The number of rotatable bonds is 6. The first-order chi connectivity index (χ1) is 12.9. The molecule has 1 aromatic heterocycles. The summed E-state index contributed by atoms with van der Waals surface area (Å²) in [4.78, 5) is 12.5. The Bertz CT molecular complexity index is 1010. The first-order valence-electron chi connectivity index (χ1n) is 8.68. The molecule has 0 saturated heterocycles. The molecule has 3 aromatic rings. The summed E-state index contributed by atoms with van der Waals surface area (Å²) in [5.41, 5.74) is 3.12. The first-order valence-corrected chi connectivity index (χ1v) is 9.47. The van der Waals surface area contributed by atoms with Gasteiger partial charge in [-0.05, 0) is 56.2 Å². The van der Waals surface area contributed by atoms with Crippen LogP contribution in [0.4, 0.5) is 0 Å². The maximum atomic E-state index is 12.5. The molecule has 3 rings (SSSR count). The lowest BCUT2D eigenvalue weighted by atomic mass is 10.1. The van der Waals surface area contributed by atoms with E-state index in [0.29, 0.717) is 22.0 Å². The number of carbonyl (C=O) groups excluding carboxylic acids is 1. The van der Waals surface area contributed by atoms with Gasteiger partial charge in [0, 0.05) is 16.6 Å². The summed E-state index contributed by atoms with van der Waals surface area (Å²) in [5, 5.41) is 10.8. The Morgan fingerprint density at radius 1 is 1.30 bits per heavy atom. The Morgan fingerprint density at radius 3 is 2.81 bits per heavy atom. The van der Waals surface area contributed by atoms with Crippen molar-refractivity contribution in [1.82, 2.24) is 20.1 Å². The molecule has 140 valence electrons. The molecule has 0 spiro atoms. The van der Waals surface area contributed by atoms with E-state index in [1.165, 1.54) is 0 Å². The van der Waals surface area contributed by atoms with Gasteiger partial charge in [-0.15, -0.1) is 0 Å². The van der Waals surface area contributed by atoms with Crippen LogP contribution in [0, 0.1) is 11.7 Å². The number of aryl methyl sites for hydroxylation is 1. The van der Waals surface area contributed by atoms with Crippen LogP contribution in [0.3, 0.4) is 0 Å². The van der Waals surface area contributed by atoms with E-state index in [1.807, 2.05) is 62.4 Å². The van der Waals surface area contributed by atoms with Crippen LogP contribution >= 0.6 is 23.8 Å². The Balaban J connectivity index is 1.69. The van der Waals surface area contributed by atoms with Crippen LogP contribution < -0.4 is 5.32 Å². The van der Waals surface area contributed by atoms with Crippen molar-refractivity contribution in [1.29, 1.82) is 0 Å². The largest absolute Gasteiger partial charge is 0.352 e. The molecule has 2 N–H and O–H groups in total. The van der Waals surface area contributed by atoms with Gasteiger partial charge in [-0.2, -0.15) is 5.10 Å². The smallest absolute Gasteiger partial charge is 0.240 e. The van der Waals surface area contributed by atoms with Crippen LogP contribution in [0.25, 0.3) is 11.4 Å². The number of benzene rings is 2. The van der Waals surface area contributed by atoms with Crippen LogP contribution in [-0.4, -0.2) is 26.7 Å². The monoisotopic (exact) mass is 400 g/mol. The van der Waals surface area contributed by atoms with Crippen molar-refractivity contribution in [2.45, 2.75) is 32.9 Å². The fourth-order valence-electron chi connectivity index (χ4n) is 3.00. The molecule has 1 amide bonds. The number of H-pyrrole nitrogens is 1. The number of aromatic amines is 1. The summed E-state index contributed by atoms with van der Waals surface area (Å²) >= 11 is 11.3. The van der Waals surface area contributed by atoms with E-state index in [0.717, 1.165) is 16.7 Å². The van der Waals surface area contributed by atoms with Crippen LogP contribution in [0.15, 0.2) is 48.5 Å². The molecule has 27 heavy (non-hydrogen) atoms. The fraction of sp³-hybridized carbons (Fsp3) is 0.250. The molecule has 0 aliphatic carbocycles. The molecule has 5 nitrogen and oxygen atoms in total. The summed E-state index contributed by atoms with van der Waals surface area (Å²) in [7, 11) is 0. The molecule has 0 aliphatic heterocycles. The standard InChI is InChI=1S/C20H21ClN4OS/c1-13-5-3-7-16(9-13)19-23-24-20(27)25(19)12-18(26)22-14(2)10-15-6-4-8-17(21)11-15/h3-9,11,14H,10,12H2,1-2H3,(H,22,26)(H,24,27)/t14-/m0/s1. The molecule has 0 aliphatic rings. The zero-order chi connectivity index (χ0) is 19.4. The number of nitrogens with one attached hydrogen (secondary N) is 2. The molecule has 2 aromatic carbocycles. The summed E-state index contributed by atoms with van der Waals surface area (Å²) in [6.45, 7) is 4.09. The Kier molecular flexibility index (Phi) is 6.08. The number of aromatic nitrogens is 3. The third kappa shape index (κ3) is 5.05. The third-order valence-electron chi connectivity index (χ3n) is 4.17. The molecule has 0 bridgehead atoms. The van der Waals surface area contributed by atoms with Crippen LogP contribution in [-0.2, 0) is 17.8 Å². The second-order valence-electron chi connectivity index (χ2n) is 6.61. The average molecular weight is 401 g/mol. The van der Waals surface area contributed by atoms with Gasteiger partial charge in [-0.25, -0.2) is 0 Å². The number of carbonyl (C=O) groups is 1. The van der Waals surface area contributed by atoms with Crippen molar-refractivity contribution in [2.24, 2.45) is 0 Å². The summed E-state index contributed by atoms with van der Waals surface area (Å²) in [5.74, 6) is 0.539. The molecule has 1 atom stereocenters. The van der Waals surface area contributed by atoms with Crippen LogP contribution in [0.5, 0.6) is 0 Å². The molecule has 7 heteroatoms. The highest BCUT2D eigenvalue weighted by Crippen LogP contribution is 2.18. The minimum Gasteiger partial charge on any atom is -0.352 e. The normalized spacial score (nSPS) is 12.0. The fourth-order valence-corrected chi connectivity index (χ4v) is 3.41. The van der Waals surface area contributed by atoms with Crippen molar-refractivity contribution in [3.8, 4) is 11.4 Å². The van der Waals surface area contributed by atoms with Crippen molar-refractivity contribution >= 4 is 29.7 Å². The van der Waals surface area contributed by atoms with Gasteiger partial charge in [0.25, 0.3) is 0 Å². The average Bonchev–Trinajstić information content (AvgIpc) is 2.95. The van der Waals surface area contributed by atoms with Gasteiger partial charge >= 0.3 is 0 Å². The lowest BCUT2D eigenvalue weighted by Gasteiger charge is -2.15. The van der Waals surface area contributed by atoms with Gasteiger partial charge < -0.3 is 5.32 Å². The van der Waals surface area contributed by atoms with E-state index in [4.69, 9.17) is 23.8 Å². The second kappa shape index (κ2) is 8.50. The van der Waals surface area contributed by atoms with Gasteiger partial charge in [0.15, 0.2) is 10.6 Å². The SMILES string of the molecule is Cc1cccc(-c2n[nH]c(=S)n2CC(=O)N[C@@H](C)Cc2cccc(Cl)c2)c1. The number of amides is 1. The van der Waals surface area contributed by atoms with E-state index in [9.17, 15) is 4.79 Å². The third-order valence-corrected chi connectivity index (χ3v) is 4.72. The minimum atomic E-state index is -0.115. The van der Waals surface area contributed by atoms with Crippen LogP contribution in [0.2, 0.25) is 5.02 Å². The van der Waals surface area contributed by atoms with Gasteiger partial charge in [-0.1, -0.05) is 47.5 Å². The van der Waals surface area contributed by atoms with E-state index in [1.54, 1.807) is 4.57 Å². The Hall–Kier alpha value is -2.44. The number of hydrogen-bond acceptors (Lipinski definition) is 3. The Morgan fingerprint density at radius 2 is 2.07 bits per heavy atom. The van der Waals surface area contributed by atoms with Crippen LogP contribution in [0.1, 0.15) is 18.1 Å². The van der Waals surface area contributed by atoms with Gasteiger partial charge in [0.05, 0.1) is 0 Å². The number of halogens is 1. The lowest BCUT2D eigenvalue weighted by Crippen LogP contribution is -2.36. The topological polar surface area (TPSA) is 62.7 Å². The van der Waals surface area contributed by atoms with E-state index >= 15 is 0 Å². The van der Waals surface area contributed by atoms with E-state index in [-0.39, 0.29) is 18.5 Å². The lowest BCUT2D eigenvalue weighted by molar-refractivity contribution is -0.122. The molecular weight excluding hydrogens is 380 g/mol. The molecule has 1 heterocycles.